The van der Waals surface area contributed by atoms with Crippen molar-refractivity contribution in [2.45, 2.75) is 32.5 Å². The van der Waals surface area contributed by atoms with E-state index in [0.29, 0.717) is 17.5 Å². The fourth-order valence-electron chi connectivity index (χ4n) is 1.97. The summed E-state index contributed by atoms with van der Waals surface area (Å²) in [5.74, 6) is 0.142. The summed E-state index contributed by atoms with van der Waals surface area (Å²) >= 11 is 5.92. The second-order valence-corrected chi connectivity index (χ2v) is 5.64. The van der Waals surface area contributed by atoms with E-state index in [2.05, 4.69) is 5.10 Å². The highest BCUT2D eigenvalue weighted by molar-refractivity contribution is 6.31. The van der Waals surface area contributed by atoms with Gasteiger partial charge in [-0.15, -0.1) is 0 Å². The second-order valence-electron chi connectivity index (χ2n) is 5.23. The molecule has 1 aromatic carbocycles. The normalized spacial score (nSPS) is 12.0. The number of aldehydes is 1. The molecule has 0 saturated carbocycles. The second kappa shape index (κ2) is 6.12. The minimum atomic E-state index is -4.44. The number of hydrogen-bond donors (Lipinski definition) is 0. The van der Waals surface area contributed by atoms with Gasteiger partial charge in [0.1, 0.15) is 5.69 Å². The third-order valence-electron chi connectivity index (χ3n) is 3.24. The Hall–Kier alpha value is -1.82. The van der Waals surface area contributed by atoms with Gasteiger partial charge in [-0.1, -0.05) is 31.5 Å². The van der Waals surface area contributed by atoms with E-state index in [1.54, 1.807) is 6.07 Å². The quantitative estimate of drug-likeness (QED) is 0.771. The Bertz CT molecular complexity index is 693. The van der Waals surface area contributed by atoms with Crippen LogP contribution in [0.25, 0.3) is 0 Å². The number of carbonyl (C=O) groups excluding carboxylic acids is 1. The van der Waals surface area contributed by atoms with Crippen molar-refractivity contribution in [3.8, 4) is 0 Å². The molecular formula is C15H14ClF3N2O. The third-order valence-corrected chi connectivity index (χ3v) is 3.59. The molecule has 0 saturated heterocycles. The molecule has 7 heteroatoms. The zero-order valence-corrected chi connectivity index (χ0v) is 12.7. The Morgan fingerprint density at radius 1 is 1.32 bits per heavy atom. The number of benzene rings is 1. The van der Waals surface area contributed by atoms with Crippen LogP contribution in [0.4, 0.5) is 13.2 Å². The van der Waals surface area contributed by atoms with Gasteiger partial charge in [-0.05, 0) is 29.7 Å². The standard InChI is InChI=1S/C15H14ClF3N2O/c1-9(2)14-6-12(8-22)21(20-14)7-10-3-4-11(5-13(10)16)15(17,18)19/h3-6,8-9H,7H2,1-2H3. The Balaban J connectivity index is 2.33. The van der Waals surface area contributed by atoms with Crippen molar-refractivity contribution in [3.05, 3.63) is 51.8 Å². The van der Waals surface area contributed by atoms with Crippen molar-refractivity contribution in [2.24, 2.45) is 0 Å². The van der Waals surface area contributed by atoms with Crippen molar-refractivity contribution < 1.29 is 18.0 Å². The van der Waals surface area contributed by atoms with E-state index in [-0.39, 0.29) is 17.5 Å². The van der Waals surface area contributed by atoms with Crippen molar-refractivity contribution in [1.82, 2.24) is 9.78 Å². The summed E-state index contributed by atoms with van der Waals surface area (Å²) in [6, 6.07) is 4.81. The van der Waals surface area contributed by atoms with Gasteiger partial charge in [0.25, 0.3) is 0 Å². The molecule has 2 aromatic rings. The highest BCUT2D eigenvalue weighted by atomic mass is 35.5. The van der Waals surface area contributed by atoms with Crippen molar-refractivity contribution in [2.75, 3.05) is 0 Å². The SMILES string of the molecule is CC(C)c1cc(C=O)n(Cc2ccc(C(F)(F)F)cc2Cl)n1. The smallest absolute Gasteiger partial charge is 0.296 e. The zero-order valence-electron chi connectivity index (χ0n) is 12.0. The molecule has 0 bridgehead atoms. The van der Waals surface area contributed by atoms with Gasteiger partial charge in [0.15, 0.2) is 6.29 Å². The summed E-state index contributed by atoms with van der Waals surface area (Å²) in [6.07, 6.45) is -3.77. The van der Waals surface area contributed by atoms with E-state index in [9.17, 15) is 18.0 Å². The first-order chi connectivity index (χ1) is 10.2. The number of aromatic nitrogens is 2. The number of carbonyl (C=O) groups is 1. The van der Waals surface area contributed by atoms with Crippen LogP contribution in [0.5, 0.6) is 0 Å². The topological polar surface area (TPSA) is 34.9 Å². The third kappa shape index (κ3) is 3.50. The van der Waals surface area contributed by atoms with Crippen molar-refractivity contribution >= 4 is 17.9 Å². The van der Waals surface area contributed by atoms with Gasteiger partial charge in [-0.25, -0.2) is 0 Å². The molecule has 0 atom stereocenters. The molecule has 0 amide bonds. The molecule has 0 fully saturated rings. The van der Waals surface area contributed by atoms with Crippen LogP contribution in [0.15, 0.2) is 24.3 Å². The summed E-state index contributed by atoms with van der Waals surface area (Å²) < 4.78 is 39.3. The van der Waals surface area contributed by atoms with E-state index in [4.69, 9.17) is 11.6 Å². The first-order valence-electron chi connectivity index (χ1n) is 6.61. The van der Waals surface area contributed by atoms with Gasteiger partial charge in [0.05, 0.1) is 17.8 Å². The molecule has 0 aliphatic heterocycles. The zero-order chi connectivity index (χ0) is 16.5. The first kappa shape index (κ1) is 16.5. The van der Waals surface area contributed by atoms with Crippen LogP contribution in [0, 0.1) is 0 Å². The fraction of sp³-hybridized carbons (Fsp3) is 0.333. The lowest BCUT2D eigenvalue weighted by atomic mass is 10.1. The largest absolute Gasteiger partial charge is 0.416 e. The Kier molecular flexibility index (Phi) is 4.60. The predicted molar refractivity (Wildman–Crippen MR) is 77.3 cm³/mol. The first-order valence-corrected chi connectivity index (χ1v) is 6.98. The van der Waals surface area contributed by atoms with Crippen LogP contribution in [-0.2, 0) is 12.7 Å². The molecule has 0 aliphatic rings. The summed E-state index contributed by atoms with van der Waals surface area (Å²) in [5.41, 5.74) is 0.765. The number of nitrogens with zero attached hydrogens (tertiary/aromatic N) is 2. The Morgan fingerprint density at radius 2 is 2.00 bits per heavy atom. The summed E-state index contributed by atoms with van der Waals surface area (Å²) in [6.45, 7) is 4.01. The lowest BCUT2D eigenvalue weighted by Crippen LogP contribution is -2.09. The van der Waals surface area contributed by atoms with E-state index < -0.39 is 11.7 Å². The van der Waals surface area contributed by atoms with E-state index in [0.717, 1.165) is 17.8 Å². The molecular weight excluding hydrogens is 317 g/mol. The maximum Gasteiger partial charge on any atom is 0.416 e. The Labute approximate surface area is 130 Å². The van der Waals surface area contributed by atoms with E-state index >= 15 is 0 Å². The number of hydrogen-bond acceptors (Lipinski definition) is 2. The molecule has 3 nitrogen and oxygen atoms in total. The van der Waals surface area contributed by atoms with Gasteiger partial charge in [0.2, 0.25) is 0 Å². The lowest BCUT2D eigenvalue weighted by Gasteiger charge is -2.10. The molecule has 0 aliphatic carbocycles. The van der Waals surface area contributed by atoms with Crippen LogP contribution in [0.1, 0.15) is 47.1 Å². The molecule has 22 heavy (non-hydrogen) atoms. The highest BCUT2D eigenvalue weighted by Crippen LogP contribution is 2.32. The van der Waals surface area contributed by atoms with Gasteiger partial charge < -0.3 is 0 Å². The molecule has 0 spiro atoms. The van der Waals surface area contributed by atoms with E-state index in [1.807, 2.05) is 13.8 Å². The molecule has 118 valence electrons. The Morgan fingerprint density at radius 3 is 2.50 bits per heavy atom. The van der Waals surface area contributed by atoms with E-state index in [1.165, 1.54) is 10.7 Å². The maximum absolute atomic E-state index is 12.6. The molecule has 0 N–H and O–H groups in total. The number of alkyl halides is 3. The van der Waals surface area contributed by atoms with Gasteiger partial charge in [-0.2, -0.15) is 18.3 Å². The van der Waals surface area contributed by atoms with Crippen LogP contribution in [0.2, 0.25) is 5.02 Å². The molecule has 1 heterocycles. The van der Waals surface area contributed by atoms with Crippen LogP contribution in [0.3, 0.4) is 0 Å². The van der Waals surface area contributed by atoms with Gasteiger partial charge in [0, 0.05) is 5.02 Å². The molecule has 2 rings (SSSR count). The maximum atomic E-state index is 12.6. The number of rotatable bonds is 4. The van der Waals surface area contributed by atoms with Gasteiger partial charge >= 0.3 is 6.18 Å². The summed E-state index contributed by atoms with van der Waals surface area (Å²) in [4.78, 5) is 11.1. The molecule has 0 unspecified atom stereocenters. The van der Waals surface area contributed by atoms with Crippen LogP contribution in [-0.4, -0.2) is 16.1 Å². The lowest BCUT2D eigenvalue weighted by molar-refractivity contribution is -0.137. The van der Waals surface area contributed by atoms with Gasteiger partial charge in [-0.3, -0.25) is 9.48 Å². The van der Waals surface area contributed by atoms with Crippen LogP contribution >= 0.6 is 11.6 Å². The monoisotopic (exact) mass is 330 g/mol. The average molecular weight is 331 g/mol. The summed E-state index contributed by atoms with van der Waals surface area (Å²) in [5, 5.41) is 4.29. The predicted octanol–water partition coefficient (Wildman–Crippen LogP) is 4.54. The van der Waals surface area contributed by atoms with Crippen molar-refractivity contribution in [3.63, 3.8) is 0 Å². The molecule has 0 radical (unpaired) electrons. The highest BCUT2D eigenvalue weighted by Gasteiger charge is 2.30. The fourth-order valence-corrected chi connectivity index (χ4v) is 2.21. The molecule has 1 aromatic heterocycles. The minimum Gasteiger partial charge on any atom is -0.296 e. The minimum absolute atomic E-state index is 0.00623. The van der Waals surface area contributed by atoms with Crippen LogP contribution < -0.4 is 0 Å². The van der Waals surface area contributed by atoms with Crippen molar-refractivity contribution in [1.29, 1.82) is 0 Å². The number of halogens is 4. The average Bonchev–Trinajstić information content (AvgIpc) is 2.83. The summed E-state index contributed by atoms with van der Waals surface area (Å²) in [7, 11) is 0.